The Morgan fingerprint density at radius 2 is 2.00 bits per heavy atom. The van der Waals surface area contributed by atoms with E-state index in [1.807, 2.05) is 0 Å². The number of rotatable bonds is 6. The van der Waals surface area contributed by atoms with Crippen LogP contribution in [0.15, 0.2) is 24.3 Å². The normalized spacial score (nSPS) is 16.6. The van der Waals surface area contributed by atoms with Gasteiger partial charge in [-0.15, -0.1) is 0 Å². The molecule has 1 aromatic carbocycles. The van der Waals surface area contributed by atoms with Gasteiger partial charge in [-0.1, -0.05) is 6.07 Å². The number of hydrogen-bond donors (Lipinski definition) is 1. The molecule has 0 radical (unpaired) electrons. The first kappa shape index (κ1) is 14.2. The predicted molar refractivity (Wildman–Crippen MR) is 81.1 cm³/mol. The molecule has 0 atom stereocenters. The molecule has 0 saturated carbocycles. The zero-order chi connectivity index (χ0) is 13.5. The first-order valence-electron chi connectivity index (χ1n) is 7.06. The molecule has 1 saturated heterocycles. The van der Waals surface area contributed by atoms with Gasteiger partial charge in [0.15, 0.2) is 0 Å². The van der Waals surface area contributed by atoms with Crippen molar-refractivity contribution in [2.45, 2.75) is 6.42 Å². The Labute approximate surface area is 116 Å². The van der Waals surface area contributed by atoms with Gasteiger partial charge in [-0.25, -0.2) is 0 Å². The standard InChI is InChI=1S/C15H25N3O/c1-17-8-10-18(11-9-17)15-6-3-5-14(13-15)16-7-4-12-19-2/h3,5-6,13,16H,4,7-12H2,1-2H3. The molecule has 1 heterocycles. The van der Waals surface area contributed by atoms with Crippen LogP contribution in [0.2, 0.25) is 0 Å². The third-order valence-corrected chi connectivity index (χ3v) is 3.57. The van der Waals surface area contributed by atoms with Crippen molar-refractivity contribution < 1.29 is 4.74 Å². The van der Waals surface area contributed by atoms with E-state index in [9.17, 15) is 0 Å². The van der Waals surface area contributed by atoms with Gasteiger partial charge >= 0.3 is 0 Å². The number of hydrogen-bond acceptors (Lipinski definition) is 4. The third kappa shape index (κ3) is 4.40. The summed E-state index contributed by atoms with van der Waals surface area (Å²) in [5, 5.41) is 3.45. The second-order valence-corrected chi connectivity index (χ2v) is 5.11. The van der Waals surface area contributed by atoms with E-state index in [-0.39, 0.29) is 0 Å². The molecule has 0 amide bonds. The van der Waals surface area contributed by atoms with Crippen LogP contribution in [-0.4, -0.2) is 58.4 Å². The van der Waals surface area contributed by atoms with Gasteiger partial charge in [-0.2, -0.15) is 0 Å². The van der Waals surface area contributed by atoms with E-state index in [2.05, 4.69) is 46.4 Å². The Hall–Kier alpha value is -1.26. The van der Waals surface area contributed by atoms with Crippen LogP contribution in [0.4, 0.5) is 11.4 Å². The van der Waals surface area contributed by atoms with E-state index < -0.39 is 0 Å². The Balaban J connectivity index is 1.87. The van der Waals surface area contributed by atoms with Crippen LogP contribution in [0.1, 0.15) is 6.42 Å². The maximum atomic E-state index is 5.06. The van der Waals surface area contributed by atoms with Gasteiger partial charge in [-0.05, 0) is 31.7 Å². The summed E-state index contributed by atoms with van der Waals surface area (Å²) >= 11 is 0. The molecule has 2 rings (SSSR count). The zero-order valence-electron chi connectivity index (χ0n) is 12.1. The highest BCUT2D eigenvalue weighted by molar-refractivity contribution is 5.58. The molecule has 0 aromatic heterocycles. The van der Waals surface area contributed by atoms with Gasteiger partial charge in [0.2, 0.25) is 0 Å². The number of benzene rings is 1. The second kappa shape index (κ2) is 7.36. The lowest BCUT2D eigenvalue weighted by Crippen LogP contribution is -2.44. The Morgan fingerprint density at radius 1 is 1.21 bits per heavy atom. The van der Waals surface area contributed by atoms with Crippen molar-refractivity contribution in [3.63, 3.8) is 0 Å². The van der Waals surface area contributed by atoms with E-state index in [1.54, 1.807) is 7.11 Å². The van der Waals surface area contributed by atoms with E-state index in [4.69, 9.17) is 4.74 Å². The number of nitrogens with one attached hydrogen (secondary N) is 1. The molecule has 4 nitrogen and oxygen atoms in total. The second-order valence-electron chi connectivity index (χ2n) is 5.11. The van der Waals surface area contributed by atoms with Crippen molar-refractivity contribution in [3.8, 4) is 0 Å². The van der Waals surface area contributed by atoms with Crippen LogP contribution >= 0.6 is 0 Å². The highest BCUT2D eigenvalue weighted by Crippen LogP contribution is 2.20. The summed E-state index contributed by atoms with van der Waals surface area (Å²) in [4.78, 5) is 4.84. The average molecular weight is 263 g/mol. The smallest absolute Gasteiger partial charge is 0.0479 e. The molecule has 19 heavy (non-hydrogen) atoms. The molecule has 1 aliphatic rings. The molecule has 106 valence electrons. The topological polar surface area (TPSA) is 27.7 Å². The summed E-state index contributed by atoms with van der Waals surface area (Å²) in [5.41, 5.74) is 2.53. The van der Waals surface area contributed by atoms with Crippen LogP contribution in [0, 0.1) is 0 Å². The van der Waals surface area contributed by atoms with Crippen LogP contribution in [0.25, 0.3) is 0 Å². The molecule has 0 aliphatic carbocycles. The first-order valence-corrected chi connectivity index (χ1v) is 7.06. The Morgan fingerprint density at radius 3 is 2.74 bits per heavy atom. The van der Waals surface area contributed by atoms with Crippen molar-refractivity contribution >= 4 is 11.4 Å². The maximum Gasteiger partial charge on any atom is 0.0479 e. The summed E-state index contributed by atoms with van der Waals surface area (Å²) in [5.74, 6) is 0. The van der Waals surface area contributed by atoms with Crippen molar-refractivity contribution in [1.82, 2.24) is 4.90 Å². The van der Waals surface area contributed by atoms with Crippen LogP contribution in [0.5, 0.6) is 0 Å². The summed E-state index contributed by atoms with van der Waals surface area (Å²) in [7, 11) is 3.93. The van der Waals surface area contributed by atoms with Gasteiger partial charge in [0, 0.05) is 57.8 Å². The minimum atomic E-state index is 0.811. The van der Waals surface area contributed by atoms with Crippen LogP contribution in [-0.2, 0) is 4.74 Å². The molecule has 0 bridgehead atoms. The monoisotopic (exact) mass is 263 g/mol. The number of likely N-dealkylation sites (N-methyl/N-ethyl adjacent to an activating group) is 1. The zero-order valence-corrected chi connectivity index (χ0v) is 12.1. The molecular formula is C15H25N3O. The molecule has 0 spiro atoms. The van der Waals surface area contributed by atoms with Crippen molar-refractivity contribution in [1.29, 1.82) is 0 Å². The number of methoxy groups -OCH3 is 1. The fourth-order valence-electron chi connectivity index (χ4n) is 2.33. The minimum Gasteiger partial charge on any atom is -0.385 e. The minimum absolute atomic E-state index is 0.811. The Kier molecular flexibility index (Phi) is 5.48. The maximum absolute atomic E-state index is 5.06. The number of ether oxygens (including phenoxy) is 1. The highest BCUT2D eigenvalue weighted by atomic mass is 16.5. The number of anilines is 2. The largest absolute Gasteiger partial charge is 0.385 e. The van der Waals surface area contributed by atoms with Gasteiger partial charge in [-0.3, -0.25) is 0 Å². The van der Waals surface area contributed by atoms with E-state index in [0.29, 0.717) is 0 Å². The lowest BCUT2D eigenvalue weighted by Gasteiger charge is -2.34. The SMILES string of the molecule is COCCCNc1cccc(N2CCN(C)CC2)c1. The van der Waals surface area contributed by atoms with E-state index >= 15 is 0 Å². The fourth-order valence-corrected chi connectivity index (χ4v) is 2.33. The molecule has 4 heteroatoms. The summed E-state index contributed by atoms with van der Waals surface area (Å²) in [6.07, 6.45) is 1.04. The highest BCUT2D eigenvalue weighted by Gasteiger charge is 2.14. The molecule has 0 unspecified atom stereocenters. The molecule has 1 N–H and O–H groups in total. The Bertz CT molecular complexity index is 375. The van der Waals surface area contributed by atoms with Crippen molar-refractivity contribution in [3.05, 3.63) is 24.3 Å². The van der Waals surface area contributed by atoms with Crippen molar-refractivity contribution in [2.75, 3.05) is 63.7 Å². The lowest BCUT2D eigenvalue weighted by atomic mass is 10.2. The van der Waals surface area contributed by atoms with Gasteiger partial charge in [0.25, 0.3) is 0 Å². The quantitative estimate of drug-likeness (QED) is 0.793. The molecular weight excluding hydrogens is 238 g/mol. The number of nitrogens with zero attached hydrogens (tertiary/aromatic N) is 2. The summed E-state index contributed by atoms with van der Waals surface area (Å²) in [6.45, 7) is 6.29. The number of piperazine rings is 1. The van der Waals surface area contributed by atoms with Gasteiger partial charge in [0.05, 0.1) is 0 Å². The van der Waals surface area contributed by atoms with Crippen LogP contribution in [0.3, 0.4) is 0 Å². The lowest BCUT2D eigenvalue weighted by molar-refractivity contribution is 0.198. The van der Waals surface area contributed by atoms with Crippen LogP contribution < -0.4 is 10.2 Å². The molecule has 1 fully saturated rings. The van der Waals surface area contributed by atoms with Gasteiger partial charge < -0.3 is 19.9 Å². The third-order valence-electron chi connectivity index (χ3n) is 3.57. The first-order chi connectivity index (χ1) is 9.29. The van der Waals surface area contributed by atoms with Gasteiger partial charge in [0.1, 0.15) is 0 Å². The van der Waals surface area contributed by atoms with Crippen molar-refractivity contribution in [2.24, 2.45) is 0 Å². The average Bonchev–Trinajstić information content (AvgIpc) is 2.45. The fraction of sp³-hybridized carbons (Fsp3) is 0.600. The molecule has 1 aromatic rings. The summed E-state index contributed by atoms with van der Waals surface area (Å²) < 4.78 is 5.06. The predicted octanol–water partition coefficient (Wildman–Crippen LogP) is 1.89. The van der Waals surface area contributed by atoms with E-state index in [0.717, 1.165) is 45.8 Å². The van der Waals surface area contributed by atoms with E-state index in [1.165, 1.54) is 11.4 Å². The summed E-state index contributed by atoms with van der Waals surface area (Å²) in [6, 6.07) is 8.71. The molecule has 1 aliphatic heterocycles.